The van der Waals surface area contributed by atoms with Gasteiger partial charge < -0.3 is 15.0 Å². The summed E-state index contributed by atoms with van der Waals surface area (Å²) in [4.78, 5) is 14.7. The third-order valence-electron chi connectivity index (χ3n) is 4.19. The lowest BCUT2D eigenvalue weighted by atomic mass is 10.0. The van der Waals surface area contributed by atoms with Crippen molar-refractivity contribution < 1.29 is 9.53 Å². The Balaban J connectivity index is 1.88. The third-order valence-corrected chi connectivity index (χ3v) is 4.19. The van der Waals surface area contributed by atoms with Gasteiger partial charge in [0.05, 0.1) is 7.11 Å². The molecule has 4 heteroatoms. The fourth-order valence-electron chi connectivity index (χ4n) is 3.00. The summed E-state index contributed by atoms with van der Waals surface area (Å²) >= 11 is 0. The van der Waals surface area contributed by atoms with Crippen LogP contribution in [0.4, 0.5) is 0 Å². The fraction of sp³-hybridized carbons (Fsp3) is 0.250. The highest BCUT2D eigenvalue weighted by molar-refractivity contribution is 5.85. The van der Waals surface area contributed by atoms with Crippen LogP contribution >= 0.6 is 0 Å². The summed E-state index contributed by atoms with van der Waals surface area (Å²) < 4.78 is 5.22. The van der Waals surface area contributed by atoms with Crippen LogP contribution in [0.5, 0.6) is 5.75 Å². The molecule has 0 bridgehead atoms. The van der Waals surface area contributed by atoms with E-state index in [1.807, 2.05) is 18.2 Å². The molecule has 0 fully saturated rings. The number of benzene rings is 2. The topological polar surface area (TPSA) is 54.1 Å². The van der Waals surface area contributed by atoms with Crippen LogP contribution in [0.25, 0.3) is 10.9 Å². The molecule has 1 amide bonds. The van der Waals surface area contributed by atoms with Crippen molar-refractivity contribution in [1.82, 2.24) is 10.3 Å². The number of aromatic amines is 1. The SMILES string of the molecule is COc1ccc(Cc2[nH]c3ccccc3c2CCNC(C)=O)cc1. The van der Waals surface area contributed by atoms with Gasteiger partial charge in [0.15, 0.2) is 0 Å². The molecule has 1 aromatic heterocycles. The molecule has 1 heterocycles. The van der Waals surface area contributed by atoms with E-state index in [1.165, 1.54) is 22.2 Å². The summed E-state index contributed by atoms with van der Waals surface area (Å²) in [7, 11) is 1.67. The summed E-state index contributed by atoms with van der Waals surface area (Å²) in [6.07, 6.45) is 1.64. The van der Waals surface area contributed by atoms with Crippen LogP contribution in [-0.4, -0.2) is 24.5 Å². The maximum Gasteiger partial charge on any atom is 0.216 e. The first kappa shape index (κ1) is 16.1. The molecule has 3 aromatic rings. The lowest BCUT2D eigenvalue weighted by molar-refractivity contribution is -0.118. The van der Waals surface area contributed by atoms with E-state index in [9.17, 15) is 4.79 Å². The number of H-pyrrole nitrogens is 1. The average Bonchev–Trinajstić information content (AvgIpc) is 2.93. The molecule has 0 radical (unpaired) electrons. The molecule has 0 aliphatic heterocycles. The van der Waals surface area contributed by atoms with Crippen LogP contribution < -0.4 is 10.1 Å². The van der Waals surface area contributed by atoms with Gasteiger partial charge in [-0.15, -0.1) is 0 Å². The Kier molecular flexibility index (Phi) is 4.85. The first-order valence-corrected chi connectivity index (χ1v) is 8.13. The molecule has 0 atom stereocenters. The minimum Gasteiger partial charge on any atom is -0.497 e. The highest BCUT2D eigenvalue weighted by Crippen LogP contribution is 2.25. The van der Waals surface area contributed by atoms with Gasteiger partial charge in [0, 0.05) is 36.5 Å². The van der Waals surface area contributed by atoms with Crippen molar-refractivity contribution in [2.45, 2.75) is 19.8 Å². The lowest BCUT2D eigenvalue weighted by Crippen LogP contribution is -2.22. The summed E-state index contributed by atoms with van der Waals surface area (Å²) in [5, 5.41) is 4.11. The van der Waals surface area contributed by atoms with E-state index in [0.717, 1.165) is 24.1 Å². The summed E-state index contributed by atoms with van der Waals surface area (Å²) in [6.45, 7) is 2.19. The van der Waals surface area contributed by atoms with Crippen LogP contribution in [0.2, 0.25) is 0 Å². The Morgan fingerprint density at radius 1 is 1.12 bits per heavy atom. The van der Waals surface area contributed by atoms with E-state index < -0.39 is 0 Å². The molecular formula is C20H22N2O2. The lowest BCUT2D eigenvalue weighted by Gasteiger charge is -2.07. The van der Waals surface area contributed by atoms with Gasteiger partial charge in [-0.05, 0) is 35.7 Å². The number of methoxy groups -OCH3 is 1. The second-order valence-electron chi connectivity index (χ2n) is 5.89. The summed E-state index contributed by atoms with van der Waals surface area (Å²) in [5.74, 6) is 0.868. The predicted octanol–water partition coefficient (Wildman–Crippen LogP) is 3.45. The zero-order valence-corrected chi connectivity index (χ0v) is 14.1. The van der Waals surface area contributed by atoms with E-state index in [2.05, 4.69) is 40.6 Å². The number of hydrogen-bond acceptors (Lipinski definition) is 2. The van der Waals surface area contributed by atoms with Crippen molar-refractivity contribution in [3.05, 3.63) is 65.4 Å². The van der Waals surface area contributed by atoms with E-state index in [0.29, 0.717) is 6.54 Å². The number of ether oxygens (including phenoxy) is 1. The Morgan fingerprint density at radius 2 is 1.88 bits per heavy atom. The van der Waals surface area contributed by atoms with Crippen molar-refractivity contribution in [3.63, 3.8) is 0 Å². The van der Waals surface area contributed by atoms with Crippen molar-refractivity contribution in [2.75, 3.05) is 13.7 Å². The smallest absolute Gasteiger partial charge is 0.216 e. The average molecular weight is 322 g/mol. The number of hydrogen-bond donors (Lipinski definition) is 2. The van der Waals surface area contributed by atoms with Crippen LogP contribution in [-0.2, 0) is 17.6 Å². The molecule has 0 aliphatic carbocycles. The first-order chi connectivity index (χ1) is 11.7. The van der Waals surface area contributed by atoms with Crippen LogP contribution in [0.1, 0.15) is 23.7 Å². The molecule has 3 rings (SSSR count). The molecule has 124 valence electrons. The molecule has 4 nitrogen and oxygen atoms in total. The number of nitrogens with one attached hydrogen (secondary N) is 2. The van der Waals surface area contributed by atoms with Crippen molar-refractivity contribution in [2.24, 2.45) is 0 Å². The predicted molar refractivity (Wildman–Crippen MR) is 96.5 cm³/mol. The standard InChI is InChI=1S/C20H22N2O2/c1-14(23)21-12-11-18-17-5-3-4-6-19(17)22-20(18)13-15-7-9-16(24-2)10-8-15/h3-10,22H,11-13H2,1-2H3,(H,21,23). The van der Waals surface area contributed by atoms with E-state index in [1.54, 1.807) is 14.0 Å². The summed E-state index contributed by atoms with van der Waals surface area (Å²) in [6, 6.07) is 16.4. The molecular weight excluding hydrogens is 300 g/mol. The van der Waals surface area contributed by atoms with Gasteiger partial charge >= 0.3 is 0 Å². The number of amides is 1. The molecule has 0 aliphatic rings. The van der Waals surface area contributed by atoms with E-state index in [4.69, 9.17) is 4.74 Å². The van der Waals surface area contributed by atoms with Gasteiger partial charge in [0.2, 0.25) is 5.91 Å². The highest BCUT2D eigenvalue weighted by Gasteiger charge is 2.12. The Morgan fingerprint density at radius 3 is 2.58 bits per heavy atom. The van der Waals surface area contributed by atoms with Gasteiger partial charge in [0.1, 0.15) is 5.75 Å². The fourth-order valence-corrected chi connectivity index (χ4v) is 3.00. The van der Waals surface area contributed by atoms with Crippen molar-refractivity contribution in [3.8, 4) is 5.75 Å². The van der Waals surface area contributed by atoms with Gasteiger partial charge in [-0.25, -0.2) is 0 Å². The summed E-state index contributed by atoms with van der Waals surface area (Å²) in [5.41, 5.74) is 4.84. The Hall–Kier alpha value is -2.75. The van der Waals surface area contributed by atoms with Gasteiger partial charge in [-0.1, -0.05) is 30.3 Å². The largest absolute Gasteiger partial charge is 0.497 e. The molecule has 0 saturated carbocycles. The molecule has 0 saturated heterocycles. The minimum absolute atomic E-state index is 0.00606. The molecule has 2 aromatic carbocycles. The van der Waals surface area contributed by atoms with Crippen LogP contribution in [0, 0.1) is 0 Å². The number of para-hydroxylation sites is 1. The Bertz CT molecular complexity index is 834. The first-order valence-electron chi connectivity index (χ1n) is 8.13. The number of fused-ring (bicyclic) bond motifs is 1. The van der Waals surface area contributed by atoms with E-state index >= 15 is 0 Å². The molecule has 24 heavy (non-hydrogen) atoms. The minimum atomic E-state index is 0.00606. The number of carbonyl (C=O) groups is 1. The number of carbonyl (C=O) groups excluding carboxylic acids is 1. The van der Waals surface area contributed by atoms with Gasteiger partial charge in [-0.3, -0.25) is 4.79 Å². The second kappa shape index (κ2) is 7.21. The van der Waals surface area contributed by atoms with Gasteiger partial charge in [0.25, 0.3) is 0 Å². The zero-order valence-electron chi connectivity index (χ0n) is 14.1. The Labute approximate surface area is 141 Å². The third kappa shape index (κ3) is 3.59. The number of rotatable bonds is 6. The quantitative estimate of drug-likeness (QED) is 0.730. The van der Waals surface area contributed by atoms with Crippen molar-refractivity contribution >= 4 is 16.8 Å². The molecule has 2 N–H and O–H groups in total. The van der Waals surface area contributed by atoms with Crippen LogP contribution in [0.15, 0.2) is 48.5 Å². The molecule has 0 unspecified atom stereocenters. The second-order valence-corrected chi connectivity index (χ2v) is 5.89. The maximum absolute atomic E-state index is 11.1. The normalized spacial score (nSPS) is 10.8. The van der Waals surface area contributed by atoms with Crippen molar-refractivity contribution in [1.29, 1.82) is 0 Å². The maximum atomic E-state index is 11.1. The monoisotopic (exact) mass is 322 g/mol. The highest BCUT2D eigenvalue weighted by atomic mass is 16.5. The zero-order chi connectivity index (χ0) is 16.9. The van der Waals surface area contributed by atoms with Gasteiger partial charge in [-0.2, -0.15) is 0 Å². The van der Waals surface area contributed by atoms with Crippen LogP contribution in [0.3, 0.4) is 0 Å². The number of aromatic nitrogens is 1. The molecule has 0 spiro atoms. The van der Waals surface area contributed by atoms with E-state index in [-0.39, 0.29) is 5.91 Å².